The highest BCUT2D eigenvalue weighted by molar-refractivity contribution is 4.99. The van der Waals surface area contributed by atoms with Crippen LogP contribution in [0.25, 0.3) is 0 Å². The van der Waals surface area contributed by atoms with Gasteiger partial charge in [-0.2, -0.15) is 0 Å². The molecule has 0 heterocycles. The van der Waals surface area contributed by atoms with Gasteiger partial charge in [-0.05, 0) is 35.5 Å². The van der Waals surface area contributed by atoms with Gasteiger partial charge >= 0.3 is 0 Å². The Balaban J connectivity index is 5.01. The van der Waals surface area contributed by atoms with Crippen LogP contribution in [-0.4, -0.2) is 0 Å². The van der Waals surface area contributed by atoms with Crippen molar-refractivity contribution >= 4 is 0 Å². The highest BCUT2D eigenvalue weighted by Gasteiger charge is 2.49. The summed E-state index contributed by atoms with van der Waals surface area (Å²) in [6.07, 6.45) is 35.9. The molecule has 0 amide bonds. The van der Waals surface area contributed by atoms with Gasteiger partial charge in [0.2, 0.25) is 0 Å². The minimum absolute atomic E-state index is 0.367. The van der Waals surface area contributed by atoms with E-state index in [0.29, 0.717) is 16.2 Å². The molecule has 0 aliphatic rings. The molecule has 0 bridgehead atoms. The van der Waals surface area contributed by atoms with Crippen molar-refractivity contribution in [2.75, 3.05) is 0 Å². The molecular formula is C36H74. The molecule has 0 heteroatoms. The fourth-order valence-corrected chi connectivity index (χ4v) is 6.82. The Bertz CT molecular complexity index is 435. The minimum atomic E-state index is 0.367. The van der Waals surface area contributed by atoms with Crippen molar-refractivity contribution in [1.82, 2.24) is 0 Å². The minimum Gasteiger partial charge on any atom is -0.0654 e. The molecule has 0 spiro atoms. The van der Waals surface area contributed by atoms with Gasteiger partial charge in [-0.1, -0.05) is 197 Å². The zero-order valence-corrected chi connectivity index (χ0v) is 27.2. The molecule has 0 aromatic rings. The Morgan fingerprint density at radius 3 is 0.833 bits per heavy atom. The van der Waals surface area contributed by atoms with Crippen molar-refractivity contribution in [3.05, 3.63) is 0 Å². The molecular weight excluding hydrogens is 432 g/mol. The molecule has 0 rings (SSSR count). The third-order valence-corrected chi connectivity index (χ3v) is 10.2. The van der Waals surface area contributed by atoms with Gasteiger partial charge in [-0.15, -0.1) is 0 Å². The molecule has 1 atom stereocenters. The van der Waals surface area contributed by atoms with E-state index in [9.17, 15) is 0 Å². The fourth-order valence-electron chi connectivity index (χ4n) is 6.82. The predicted octanol–water partition coefficient (Wildman–Crippen LogP) is 13.9. The second kappa shape index (κ2) is 21.9. The van der Waals surface area contributed by atoms with E-state index >= 15 is 0 Å². The molecule has 0 nitrogen and oxygen atoms in total. The summed E-state index contributed by atoms with van der Waals surface area (Å²) < 4.78 is 0. The Morgan fingerprint density at radius 1 is 0.306 bits per heavy atom. The fraction of sp³-hybridized carbons (Fsp3) is 1.00. The molecule has 0 aliphatic heterocycles. The van der Waals surface area contributed by atoms with E-state index < -0.39 is 0 Å². The quantitative estimate of drug-likeness (QED) is 0.102. The summed E-state index contributed by atoms with van der Waals surface area (Å²) >= 11 is 0. The summed E-state index contributed by atoms with van der Waals surface area (Å²) in [6.45, 7) is 20.1. The highest BCUT2D eigenvalue weighted by atomic mass is 14.5. The van der Waals surface area contributed by atoms with Crippen LogP contribution in [0.15, 0.2) is 0 Å². The van der Waals surface area contributed by atoms with E-state index in [1.807, 2.05) is 0 Å². The predicted molar refractivity (Wildman–Crippen MR) is 168 cm³/mol. The van der Waals surface area contributed by atoms with Crippen LogP contribution in [0.2, 0.25) is 0 Å². The van der Waals surface area contributed by atoms with E-state index in [0.717, 1.165) is 0 Å². The molecule has 0 aliphatic carbocycles. The van der Waals surface area contributed by atoms with Crippen molar-refractivity contribution in [3.8, 4) is 0 Å². The zero-order valence-electron chi connectivity index (χ0n) is 27.2. The lowest BCUT2D eigenvalue weighted by molar-refractivity contribution is -0.0608. The third-order valence-electron chi connectivity index (χ3n) is 10.2. The van der Waals surface area contributed by atoms with Crippen molar-refractivity contribution in [2.24, 2.45) is 16.2 Å². The number of unbranched alkanes of at least 4 members (excludes halogenated alkanes) is 19. The van der Waals surface area contributed by atoms with Gasteiger partial charge in [-0.25, -0.2) is 0 Å². The van der Waals surface area contributed by atoms with Crippen LogP contribution in [0.1, 0.15) is 216 Å². The molecule has 0 radical (unpaired) electrons. The molecule has 0 saturated carbocycles. The Morgan fingerprint density at radius 2 is 0.556 bits per heavy atom. The lowest BCUT2D eigenvalue weighted by Crippen LogP contribution is -2.47. The van der Waals surface area contributed by atoms with Crippen molar-refractivity contribution < 1.29 is 0 Å². The molecule has 36 heavy (non-hydrogen) atoms. The first-order chi connectivity index (χ1) is 17.2. The van der Waals surface area contributed by atoms with Gasteiger partial charge in [0.15, 0.2) is 0 Å². The lowest BCUT2D eigenvalue weighted by atomic mass is 9.49. The van der Waals surface area contributed by atoms with Gasteiger partial charge in [-0.3, -0.25) is 0 Å². The summed E-state index contributed by atoms with van der Waals surface area (Å²) in [5.41, 5.74) is 1.26. The Kier molecular flexibility index (Phi) is 21.9. The summed E-state index contributed by atoms with van der Waals surface area (Å²) in [6, 6.07) is 0. The van der Waals surface area contributed by atoms with E-state index in [4.69, 9.17) is 0 Å². The first-order valence-corrected chi connectivity index (χ1v) is 17.2. The maximum atomic E-state index is 2.72. The summed E-state index contributed by atoms with van der Waals surface area (Å²) in [7, 11) is 0. The van der Waals surface area contributed by atoms with Gasteiger partial charge in [0, 0.05) is 0 Å². The summed E-state index contributed by atoms with van der Waals surface area (Å²) in [5.74, 6) is 0. The standard InChI is InChI=1S/C36H74/c1-9-12-15-18-21-23-25-28-31-35(7,32-29-26-24-22-19-16-13-10-2)36(8,34(4,5)6)33-30-27-20-17-14-11-3/h9-33H2,1-8H3. The van der Waals surface area contributed by atoms with Crippen LogP contribution < -0.4 is 0 Å². The van der Waals surface area contributed by atoms with Crippen LogP contribution in [0.4, 0.5) is 0 Å². The monoisotopic (exact) mass is 507 g/mol. The van der Waals surface area contributed by atoms with Crippen LogP contribution in [0, 0.1) is 16.2 Å². The van der Waals surface area contributed by atoms with Crippen LogP contribution >= 0.6 is 0 Å². The second-order valence-corrected chi connectivity index (χ2v) is 14.1. The smallest absolute Gasteiger partial charge is 0.0223 e. The highest BCUT2D eigenvalue weighted by Crippen LogP contribution is 2.59. The maximum Gasteiger partial charge on any atom is -0.0223 e. The van der Waals surface area contributed by atoms with E-state index in [1.165, 1.54) is 161 Å². The molecule has 1 unspecified atom stereocenters. The molecule has 0 aromatic carbocycles. The lowest BCUT2D eigenvalue weighted by Gasteiger charge is -2.56. The normalized spacial score (nSPS) is 14.3. The van der Waals surface area contributed by atoms with Gasteiger partial charge < -0.3 is 0 Å². The molecule has 0 aromatic heterocycles. The van der Waals surface area contributed by atoms with Crippen LogP contribution in [0.5, 0.6) is 0 Å². The summed E-state index contributed by atoms with van der Waals surface area (Å²) in [5, 5.41) is 0. The van der Waals surface area contributed by atoms with Crippen molar-refractivity contribution in [3.63, 3.8) is 0 Å². The Labute approximate surface area is 232 Å². The average molecular weight is 507 g/mol. The maximum absolute atomic E-state index is 2.72. The third kappa shape index (κ3) is 15.4. The largest absolute Gasteiger partial charge is 0.0654 e. The van der Waals surface area contributed by atoms with Crippen LogP contribution in [0.3, 0.4) is 0 Å². The van der Waals surface area contributed by atoms with Gasteiger partial charge in [0.05, 0.1) is 0 Å². The Hall–Kier alpha value is 0. The van der Waals surface area contributed by atoms with Gasteiger partial charge in [0.25, 0.3) is 0 Å². The molecule has 218 valence electrons. The SMILES string of the molecule is CCCCCCCCCCC(C)(CCCCCCCCCC)C(C)(CCCCCCCC)C(C)(C)C. The molecule has 0 saturated heterocycles. The second-order valence-electron chi connectivity index (χ2n) is 14.1. The number of rotatable bonds is 26. The average Bonchev–Trinajstić information content (AvgIpc) is 2.83. The van der Waals surface area contributed by atoms with E-state index in [1.54, 1.807) is 0 Å². The van der Waals surface area contributed by atoms with E-state index in [-0.39, 0.29) is 0 Å². The van der Waals surface area contributed by atoms with Crippen molar-refractivity contribution in [2.45, 2.75) is 216 Å². The zero-order chi connectivity index (χ0) is 27.2. The summed E-state index contributed by atoms with van der Waals surface area (Å²) in [4.78, 5) is 0. The van der Waals surface area contributed by atoms with Gasteiger partial charge in [0.1, 0.15) is 0 Å². The number of hydrogen-bond acceptors (Lipinski definition) is 0. The topological polar surface area (TPSA) is 0 Å². The van der Waals surface area contributed by atoms with E-state index in [2.05, 4.69) is 55.4 Å². The molecule has 0 fully saturated rings. The first kappa shape index (κ1) is 36.0. The molecule has 0 N–H and O–H groups in total. The van der Waals surface area contributed by atoms with Crippen molar-refractivity contribution in [1.29, 1.82) is 0 Å². The number of hydrogen-bond donors (Lipinski definition) is 0. The first-order valence-electron chi connectivity index (χ1n) is 17.2. The van der Waals surface area contributed by atoms with Crippen LogP contribution in [-0.2, 0) is 0 Å².